The van der Waals surface area contributed by atoms with Crippen LogP contribution >= 0.6 is 15.9 Å². The van der Waals surface area contributed by atoms with E-state index in [0.29, 0.717) is 5.56 Å². The maximum atomic E-state index is 13.4. The van der Waals surface area contributed by atoms with Gasteiger partial charge in [-0.1, -0.05) is 28.1 Å². The molecule has 0 saturated heterocycles. The highest BCUT2D eigenvalue weighted by atomic mass is 79.9. The van der Waals surface area contributed by atoms with Gasteiger partial charge in [0.1, 0.15) is 11.4 Å². The Bertz CT molecular complexity index is 461. The summed E-state index contributed by atoms with van der Waals surface area (Å²) in [6.45, 7) is 5.42. The first kappa shape index (κ1) is 14.9. The van der Waals surface area contributed by atoms with E-state index in [9.17, 15) is 9.18 Å². The van der Waals surface area contributed by atoms with Gasteiger partial charge in [0, 0.05) is 10.0 Å². The lowest BCUT2D eigenvalue weighted by Crippen LogP contribution is -2.23. The summed E-state index contributed by atoms with van der Waals surface area (Å²) in [7, 11) is 0. The molecule has 0 aromatic heterocycles. The number of carbonyl (C=O) groups excluding carboxylic acids is 1. The predicted molar refractivity (Wildman–Crippen MR) is 73.6 cm³/mol. The fourth-order valence-electron chi connectivity index (χ4n) is 1.31. The van der Waals surface area contributed by atoms with Gasteiger partial charge >= 0.3 is 5.97 Å². The third kappa shape index (κ3) is 5.45. The van der Waals surface area contributed by atoms with E-state index in [4.69, 9.17) is 4.74 Å². The van der Waals surface area contributed by atoms with Gasteiger partial charge in [-0.2, -0.15) is 0 Å². The maximum absolute atomic E-state index is 13.4. The van der Waals surface area contributed by atoms with Gasteiger partial charge in [0.2, 0.25) is 0 Å². The molecule has 0 bridgehead atoms. The molecular weight excluding hydrogens is 299 g/mol. The Labute approximate surface area is 115 Å². The lowest BCUT2D eigenvalue weighted by molar-refractivity contribution is -0.153. The van der Waals surface area contributed by atoms with Crippen molar-refractivity contribution in [2.45, 2.75) is 32.8 Å². The first-order valence-electron chi connectivity index (χ1n) is 5.61. The van der Waals surface area contributed by atoms with Crippen LogP contribution < -0.4 is 0 Å². The number of hydrogen-bond acceptors (Lipinski definition) is 2. The molecule has 0 aliphatic rings. The number of hydrogen-bond donors (Lipinski definition) is 0. The highest BCUT2D eigenvalue weighted by Crippen LogP contribution is 2.17. The molecule has 0 unspecified atom stereocenters. The molecule has 2 nitrogen and oxygen atoms in total. The van der Waals surface area contributed by atoms with Crippen LogP contribution in [0, 0.1) is 5.82 Å². The Morgan fingerprint density at radius 1 is 1.44 bits per heavy atom. The second kappa shape index (κ2) is 6.14. The summed E-state index contributed by atoms with van der Waals surface area (Å²) < 4.78 is 19.3. The minimum absolute atomic E-state index is 0.128. The quantitative estimate of drug-likeness (QED) is 0.776. The topological polar surface area (TPSA) is 26.3 Å². The van der Waals surface area contributed by atoms with Crippen molar-refractivity contribution in [2.24, 2.45) is 0 Å². The zero-order valence-corrected chi connectivity index (χ0v) is 12.3. The second-order valence-corrected chi connectivity index (χ2v) is 5.77. The van der Waals surface area contributed by atoms with E-state index in [1.807, 2.05) is 20.8 Å². The third-order valence-corrected chi connectivity index (χ3v) is 2.45. The second-order valence-electron chi connectivity index (χ2n) is 4.86. The fourth-order valence-corrected chi connectivity index (χ4v) is 1.69. The van der Waals surface area contributed by atoms with E-state index >= 15 is 0 Å². The summed E-state index contributed by atoms with van der Waals surface area (Å²) in [5.74, 6) is -0.646. The molecule has 0 fully saturated rings. The summed E-state index contributed by atoms with van der Waals surface area (Å²) in [4.78, 5) is 11.4. The standard InChI is InChI=1S/C14H16BrFO2/c1-14(2,3)18-13(17)6-4-5-10-9-11(15)7-8-12(10)16/h4-5,7-9H,6H2,1-3H3/b5-4-. The Hall–Kier alpha value is -1.16. The Morgan fingerprint density at radius 3 is 2.72 bits per heavy atom. The average Bonchev–Trinajstić information content (AvgIpc) is 2.20. The zero-order valence-electron chi connectivity index (χ0n) is 10.7. The molecule has 0 aliphatic carbocycles. The largest absolute Gasteiger partial charge is 0.460 e. The highest BCUT2D eigenvalue weighted by molar-refractivity contribution is 9.10. The predicted octanol–water partition coefficient (Wildman–Crippen LogP) is 4.33. The van der Waals surface area contributed by atoms with Crippen molar-refractivity contribution in [3.8, 4) is 0 Å². The van der Waals surface area contributed by atoms with E-state index in [1.165, 1.54) is 6.07 Å². The molecular formula is C14H16BrFO2. The summed E-state index contributed by atoms with van der Waals surface area (Å²) in [5.41, 5.74) is -0.0562. The van der Waals surface area contributed by atoms with Gasteiger partial charge in [0.05, 0.1) is 6.42 Å². The Balaban J connectivity index is 2.60. The van der Waals surface area contributed by atoms with Gasteiger partial charge in [-0.3, -0.25) is 4.79 Å². The molecule has 0 amide bonds. The van der Waals surface area contributed by atoms with Gasteiger partial charge in [0.25, 0.3) is 0 Å². The molecule has 0 atom stereocenters. The number of benzene rings is 1. The van der Waals surface area contributed by atoms with Crippen LogP contribution in [0.2, 0.25) is 0 Å². The molecule has 0 radical (unpaired) electrons. The van der Waals surface area contributed by atoms with Crippen LogP contribution in [0.3, 0.4) is 0 Å². The lowest BCUT2D eigenvalue weighted by atomic mass is 10.2. The van der Waals surface area contributed by atoms with Crippen LogP contribution in [0.1, 0.15) is 32.8 Å². The number of ether oxygens (including phenoxy) is 1. The molecule has 0 heterocycles. The number of halogens is 2. The van der Waals surface area contributed by atoms with E-state index in [1.54, 1.807) is 24.3 Å². The number of esters is 1. The van der Waals surface area contributed by atoms with Crippen LogP contribution in [0.5, 0.6) is 0 Å². The highest BCUT2D eigenvalue weighted by Gasteiger charge is 2.14. The van der Waals surface area contributed by atoms with Crippen molar-refractivity contribution in [2.75, 3.05) is 0 Å². The first-order chi connectivity index (χ1) is 8.28. The summed E-state index contributed by atoms with van der Waals surface area (Å²) in [6.07, 6.45) is 3.30. The average molecular weight is 315 g/mol. The van der Waals surface area contributed by atoms with Crippen molar-refractivity contribution in [1.82, 2.24) is 0 Å². The normalized spacial score (nSPS) is 11.8. The molecule has 1 aromatic carbocycles. The third-order valence-electron chi connectivity index (χ3n) is 1.96. The molecule has 1 rings (SSSR count). The summed E-state index contributed by atoms with van der Waals surface area (Å²) >= 11 is 3.26. The zero-order chi connectivity index (χ0) is 13.8. The van der Waals surface area contributed by atoms with Crippen molar-refractivity contribution >= 4 is 28.0 Å². The number of carbonyl (C=O) groups is 1. The molecule has 4 heteroatoms. The molecule has 98 valence electrons. The van der Waals surface area contributed by atoms with Crippen LogP contribution in [-0.2, 0) is 9.53 Å². The van der Waals surface area contributed by atoms with Gasteiger partial charge in [0.15, 0.2) is 0 Å². The molecule has 1 aromatic rings. The van der Waals surface area contributed by atoms with Crippen LogP contribution in [-0.4, -0.2) is 11.6 Å². The molecule has 0 saturated carbocycles. The lowest BCUT2D eigenvalue weighted by Gasteiger charge is -2.18. The molecule has 18 heavy (non-hydrogen) atoms. The van der Waals surface area contributed by atoms with E-state index in [-0.39, 0.29) is 18.2 Å². The Kier molecular flexibility index (Phi) is 5.08. The van der Waals surface area contributed by atoms with Crippen molar-refractivity contribution in [1.29, 1.82) is 0 Å². The minimum Gasteiger partial charge on any atom is -0.460 e. The van der Waals surface area contributed by atoms with E-state index < -0.39 is 5.60 Å². The Morgan fingerprint density at radius 2 is 2.11 bits per heavy atom. The van der Waals surface area contributed by atoms with Gasteiger partial charge in [-0.25, -0.2) is 4.39 Å². The van der Waals surface area contributed by atoms with Crippen LogP contribution in [0.4, 0.5) is 4.39 Å². The monoisotopic (exact) mass is 314 g/mol. The smallest absolute Gasteiger partial charge is 0.310 e. The number of rotatable bonds is 3. The van der Waals surface area contributed by atoms with Gasteiger partial charge < -0.3 is 4.74 Å². The fraction of sp³-hybridized carbons (Fsp3) is 0.357. The van der Waals surface area contributed by atoms with Gasteiger partial charge in [-0.05, 0) is 39.0 Å². The van der Waals surface area contributed by atoms with E-state index in [2.05, 4.69) is 15.9 Å². The minimum atomic E-state index is -0.494. The summed E-state index contributed by atoms with van der Waals surface area (Å²) in [5, 5.41) is 0. The van der Waals surface area contributed by atoms with Gasteiger partial charge in [-0.15, -0.1) is 0 Å². The molecule has 0 aliphatic heterocycles. The van der Waals surface area contributed by atoms with E-state index in [0.717, 1.165) is 4.47 Å². The van der Waals surface area contributed by atoms with Crippen LogP contribution in [0.15, 0.2) is 28.7 Å². The first-order valence-corrected chi connectivity index (χ1v) is 6.41. The summed E-state index contributed by atoms with van der Waals surface area (Å²) in [6, 6.07) is 4.65. The van der Waals surface area contributed by atoms with Crippen LogP contribution in [0.25, 0.3) is 6.08 Å². The molecule has 0 spiro atoms. The van der Waals surface area contributed by atoms with Crippen molar-refractivity contribution in [3.63, 3.8) is 0 Å². The van der Waals surface area contributed by atoms with Crippen molar-refractivity contribution < 1.29 is 13.9 Å². The maximum Gasteiger partial charge on any atom is 0.310 e. The molecule has 0 N–H and O–H groups in total. The van der Waals surface area contributed by atoms with Crippen molar-refractivity contribution in [3.05, 3.63) is 40.1 Å². The SMILES string of the molecule is CC(C)(C)OC(=O)C/C=C\c1cc(Br)ccc1F.